The minimum Gasteiger partial charge on any atom is -0.380 e. The van der Waals surface area contributed by atoms with Crippen LogP contribution in [0, 0.1) is 0 Å². The van der Waals surface area contributed by atoms with Crippen LogP contribution in [0.15, 0.2) is 0 Å². The van der Waals surface area contributed by atoms with Gasteiger partial charge in [-0.1, -0.05) is 0 Å². The summed E-state index contributed by atoms with van der Waals surface area (Å²) in [7, 11) is 4.26. The third-order valence-corrected chi connectivity index (χ3v) is 2.40. The molecule has 0 bridgehead atoms. The second-order valence-electron chi connectivity index (χ2n) is 4.09. The molecule has 0 rings (SSSR count). The lowest BCUT2D eigenvalue weighted by atomic mass is 9.72. The summed E-state index contributed by atoms with van der Waals surface area (Å²) in [5, 5.41) is 0. The normalized spacial score (nSPS) is 13.9. The maximum Gasteiger partial charge on any atom is 0.320 e. The molecule has 1 radical (unpaired) electrons. The molecule has 0 aliphatic rings. The number of carbonyl (C=O) groups excluding carboxylic acids is 2. The summed E-state index contributed by atoms with van der Waals surface area (Å²) in [6.45, 7) is 5.96. The highest BCUT2D eigenvalue weighted by Crippen LogP contribution is 2.01. The molecule has 0 aromatic rings. The van der Waals surface area contributed by atoms with Gasteiger partial charge in [0.1, 0.15) is 0 Å². The molecule has 1 amide bonds. The fraction of sp³-hybridized carbons (Fsp3) is 0.818. The van der Waals surface area contributed by atoms with E-state index in [0.29, 0.717) is 13.1 Å². The van der Waals surface area contributed by atoms with Crippen LogP contribution < -0.4 is 0 Å². The second-order valence-corrected chi connectivity index (χ2v) is 4.09. The van der Waals surface area contributed by atoms with Gasteiger partial charge < -0.3 is 19.2 Å². The molecule has 0 heterocycles. The molecule has 0 fully saturated rings. The van der Waals surface area contributed by atoms with Crippen LogP contribution in [0.3, 0.4) is 0 Å². The Bertz CT molecular complexity index is 248. The van der Waals surface area contributed by atoms with Gasteiger partial charge in [0, 0.05) is 27.3 Å². The molecule has 0 spiro atoms. The van der Waals surface area contributed by atoms with Crippen molar-refractivity contribution in [2.75, 3.05) is 27.3 Å². The third kappa shape index (κ3) is 7.12. The van der Waals surface area contributed by atoms with Gasteiger partial charge in [-0.25, -0.2) is 0 Å². The van der Waals surface area contributed by atoms with E-state index >= 15 is 0 Å². The lowest BCUT2D eigenvalue weighted by molar-refractivity contribution is -0.110. The van der Waals surface area contributed by atoms with Gasteiger partial charge in [-0.2, -0.15) is 0 Å². The zero-order chi connectivity index (χ0) is 13.4. The summed E-state index contributed by atoms with van der Waals surface area (Å²) in [6.07, 6.45) is -0.160. The average Bonchev–Trinajstić information content (AvgIpc) is 2.26. The van der Waals surface area contributed by atoms with Gasteiger partial charge in [-0.05, 0) is 20.8 Å². The van der Waals surface area contributed by atoms with E-state index in [2.05, 4.69) is 0 Å². The minimum absolute atomic E-state index is 0.0802. The number of ether oxygens (including phenoxy) is 2. The predicted molar refractivity (Wildman–Crippen MR) is 66.3 cm³/mol. The van der Waals surface area contributed by atoms with Crippen molar-refractivity contribution in [1.29, 1.82) is 0 Å². The number of hydrogen-bond donors (Lipinski definition) is 0. The molecule has 0 aliphatic carbocycles. The Hall–Kier alpha value is -0.875. The lowest BCUT2D eigenvalue weighted by Crippen LogP contribution is -2.44. The van der Waals surface area contributed by atoms with Gasteiger partial charge in [0.2, 0.25) is 0 Å². The Balaban J connectivity index is 4.48. The molecule has 0 aromatic heterocycles. The summed E-state index contributed by atoms with van der Waals surface area (Å²) in [5.74, 6) is -0.301. The SMILES string of the molecule is COC(C)CN(CC(C)OC)C(=O)[B]C(C)=O. The number of carbonyl (C=O) groups is 2. The van der Waals surface area contributed by atoms with E-state index in [1.54, 1.807) is 19.1 Å². The van der Waals surface area contributed by atoms with E-state index in [1.807, 2.05) is 13.8 Å². The Labute approximate surface area is 104 Å². The van der Waals surface area contributed by atoms with E-state index in [4.69, 9.17) is 9.47 Å². The van der Waals surface area contributed by atoms with Crippen molar-refractivity contribution < 1.29 is 19.1 Å². The topological polar surface area (TPSA) is 55.8 Å². The first-order chi connectivity index (χ1) is 7.90. The molecule has 0 N–H and O–H groups in total. The summed E-state index contributed by atoms with van der Waals surface area (Å²) < 4.78 is 10.2. The highest BCUT2D eigenvalue weighted by atomic mass is 16.5. The molecular weight excluding hydrogens is 221 g/mol. The molecule has 17 heavy (non-hydrogen) atoms. The number of methoxy groups -OCH3 is 2. The molecule has 0 saturated carbocycles. The van der Waals surface area contributed by atoms with Gasteiger partial charge in [-0.15, -0.1) is 0 Å². The molecule has 97 valence electrons. The fourth-order valence-electron chi connectivity index (χ4n) is 1.29. The van der Waals surface area contributed by atoms with Crippen LogP contribution in [0.2, 0.25) is 0 Å². The molecule has 0 aliphatic heterocycles. The molecule has 2 unspecified atom stereocenters. The van der Waals surface area contributed by atoms with Gasteiger partial charge in [0.25, 0.3) is 0 Å². The summed E-state index contributed by atoms with van der Waals surface area (Å²) in [4.78, 5) is 24.3. The molecular formula is C11H21BNO4. The summed E-state index contributed by atoms with van der Waals surface area (Å²) >= 11 is 0. The van der Waals surface area contributed by atoms with Crippen LogP contribution in [0.5, 0.6) is 0 Å². The van der Waals surface area contributed by atoms with E-state index in [-0.39, 0.29) is 23.7 Å². The number of hydrogen-bond acceptors (Lipinski definition) is 4. The molecule has 5 nitrogen and oxygen atoms in total. The largest absolute Gasteiger partial charge is 0.380 e. The quantitative estimate of drug-likeness (QED) is 0.589. The zero-order valence-electron chi connectivity index (χ0n) is 11.2. The van der Waals surface area contributed by atoms with E-state index in [1.165, 1.54) is 6.92 Å². The third-order valence-electron chi connectivity index (χ3n) is 2.40. The molecule has 0 aromatic carbocycles. The van der Waals surface area contributed by atoms with Crippen LogP contribution >= 0.6 is 0 Å². The highest BCUT2D eigenvalue weighted by molar-refractivity contribution is 6.96. The molecule has 2 atom stereocenters. The van der Waals surface area contributed by atoms with Crippen molar-refractivity contribution in [2.24, 2.45) is 0 Å². The Morgan fingerprint density at radius 2 is 1.53 bits per heavy atom. The van der Waals surface area contributed by atoms with E-state index in [0.717, 1.165) is 7.28 Å². The standard InChI is InChI=1S/C11H21BNO4/c1-8(16-4)6-13(7-9(2)17-5)11(15)12-10(3)14/h8-9H,6-7H2,1-5H3. The number of amides is 1. The maximum atomic E-state index is 11.8. The van der Waals surface area contributed by atoms with Crippen molar-refractivity contribution in [3.8, 4) is 0 Å². The predicted octanol–water partition coefficient (Wildman–Crippen LogP) is 0.729. The second kappa shape index (κ2) is 8.25. The van der Waals surface area contributed by atoms with Crippen molar-refractivity contribution in [3.05, 3.63) is 0 Å². The van der Waals surface area contributed by atoms with Gasteiger partial charge >= 0.3 is 7.28 Å². The van der Waals surface area contributed by atoms with Crippen LogP contribution in [-0.2, 0) is 14.3 Å². The summed E-state index contributed by atoms with van der Waals surface area (Å²) in [5.41, 5.74) is -0.255. The van der Waals surface area contributed by atoms with Crippen molar-refractivity contribution in [1.82, 2.24) is 4.90 Å². The van der Waals surface area contributed by atoms with Gasteiger partial charge in [0.15, 0.2) is 5.81 Å². The lowest BCUT2D eigenvalue weighted by Gasteiger charge is -2.27. The average molecular weight is 242 g/mol. The molecule has 6 heteroatoms. The first-order valence-electron chi connectivity index (χ1n) is 5.60. The minimum atomic E-state index is -0.301. The van der Waals surface area contributed by atoms with E-state index < -0.39 is 0 Å². The number of nitrogens with zero attached hydrogens (tertiary/aromatic N) is 1. The Morgan fingerprint density at radius 1 is 1.12 bits per heavy atom. The van der Waals surface area contributed by atoms with Crippen LogP contribution in [0.1, 0.15) is 20.8 Å². The van der Waals surface area contributed by atoms with Crippen molar-refractivity contribution in [2.45, 2.75) is 33.0 Å². The van der Waals surface area contributed by atoms with Crippen LogP contribution in [0.25, 0.3) is 0 Å². The van der Waals surface area contributed by atoms with Crippen LogP contribution in [-0.4, -0.2) is 63.2 Å². The molecule has 0 saturated heterocycles. The van der Waals surface area contributed by atoms with Gasteiger partial charge in [0.05, 0.1) is 17.9 Å². The Morgan fingerprint density at radius 3 is 1.82 bits per heavy atom. The Kier molecular flexibility index (Phi) is 7.83. The van der Waals surface area contributed by atoms with Crippen LogP contribution in [0.4, 0.5) is 4.79 Å². The summed E-state index contributed by atoms with van der Waals surface area (Å²) in [6, 6.07) is 0. The monoisotopic (exact) mass is 242 g/mol. The van der Waals surface area contributed by atoms with Crippen molar-refractivity contribution >= 4 is 18.8 Å². The van der Waals surface area contributed by atoms with E-state index in [9.17, 15) is 9.59 Å². The number of rotatable bonds is 8. The fourth-order valence-corrected chi connectivity index (χ4v) is 1.29. The first-order valence-corrected chi connectivity index (χ1v) is 5.60. The zero-order valence-corrected chi connectivity index (χ0v) is 11.2. The smallest absolute Gasteiger partial charge is 0.320 e. The first kappa shape index (κ1) is 16.1. The maximum absolute atomic E-state index is 11.8. The van der Waals surface area contributed by atoms with Gasteiger partial charge in [-0.3, -0.25) is 4.79 Å². The van der Waals surface area contributed by atoms with Crippen molar-refractivity contribution in [3.63, 3.8) is 0 Å². The highest BCUT2D eigenvalue weighted by Gasteiger charge is 2.21.